The van der Waals surface area contributed by atoms with E-state index in [4.69, 9.17) is 11.6 Å². The van der Waals surface area contributed by atoms with Crippen molar-refractivity contribution in [1.29, 1.82) is 0 Å². The predicted molar refractivity (Wildman–Crippen MR) is 124 cm³/mol. The highest BCUT2D eigenvalue weighted by atomic mass is 35.5. The first-order chi connectivity index (χ1) is 15.3. The number of aryl methyl sites for hydroxylation is 2. The van der Waals surface area contributed by atoms with E-state index in [1.807, 2.05) is 43.3 Å². The molecule has 3 heterocycles. The van der Waals surface area contributed by atoms with Crippen LogP contribution in [0.1, 0.15) is 35.7 Å². The van der Waals surface area contributed by atoms with Crippen molar-refractivity contribution in [3.63, 3.8) is 0 Å². The number of nitrogens with zero attached hydrogens (tertiary/aromatic N) is 4. The zero-order chi connectivity index (χ0) is 22.8. The van der Waals surface area contributed by atoms with Gasteiger partial charge >= 0.3 is 0 Å². The van der Waals surface area contributed by atoms with Crippen LogP contribution < -0.4 is 5.32 Å². The van der Waals surface area contributed by atoms with Gasteiger partial charge in [0, 0.05) is 43.7 Å². The van der Waals surface area contributed by atoms with E-state index in [9.17, 15) is 9.18 Å². The van der Waals surface area contributed by atoms with Gasteiger partial charge in [-0.25, -0.2) is 9.37 Å². The summed E-state index contributed by atoms with van der Waals surface area (Å²) >= 11 is 5.81. The van der Waals surface area contributed by atoms with Crippen LogP contribution in [0.3, 0.4) is 0 Å². The van der Waals surface area contributed by atoms with Gasteiger partial charge in [-0.3, -0.25) is 9.48 Å². The quantitative estimate of drug-likeness (QED) is 0.592. The van der Waals surface area contributed by atoms with Gasteiger partial charge in [-0.05, 0) is 43.4 Å². The molecule has 0 spiro atoms. The molecule has 6 nitrogen and oxygen atoms in total. The van der Waals surface area contributed by atoms with Crippen LogP contribution in [0.2, 0.25) is 5.02 Å². The third-order valence-corrected chi connectivity index (χ3v) is 6.29. The Kier molecular flexibility index (Phi) is 6.46. The highest BCUT2D eigenvalue weighted by molar-refractivity contribution is 6.30. The normalized spacial score (nSPS) is 18.6. The maximum absolute atomic E-state index is 14.2. The third kappa shape index (κ3) is 4.63. The molecule has 0 aliphatic carbocycles. The number of benzene rings is 1. The summed E-state index contributed by atoms with van der Waals surface area (Å²) < 4.78 is 15.9. The molecule has 1 N–H and O–H groups in total. The van der Waals surface area contributed by atoms with Crippen molar-refractivity contribution in [1.82, 2.24) is 19.7 Å². The summed E-state index contributed by atoms with van der Waals surface area (Å²) in [4.78, 5) is 19.8. The Morgan fingerprint density at radius 1 is 1.31 bits per heavy atom. The summed E-state index contributed by atoms with van der Waals surface area (Å²) in [5.74, 6) is -0.111. The molecule has 32 heavy (non-hydrogen) atoms. The monoisotopic (exact) mass is 455 g/mol. The van der Waals surface area contributed by atoms with Gasteiger partial charge < -0.3 is 10.2 Å². The van der Waals surface area contributed by atoms with Crippen molar-refractivity contribution in [2.75, 3.05) is 18.4 Å². The van der Waals surface area contributed by atoms with Crippen LogP contribution >= 0.6 is 11.6 Å². The zero-order valence-electron chi connectivity index (χ0n) is 18.5. The number of hydrogen-bond acceptors (Lipinski definition) is 4. The minimum Gasteiger partial charge on any atom is -0.366 e. The molecule has 168 valence electrons. The average molecular weight is 456 g/mol. The lowest BCUT2D eigenvalue weighted by Gasteiger charge is -2.40. The Balaban J connectivity index is 1.62. The second-order valence-corrected chi connectivity index (χ2v) is 8.94. The summed E-state index contributed by atoms with van der Waals surface area (Å²) in [6.45, 7) is 5.19. The summed E-state index contributed by atoms with van der Waals surface area (Å²) in [7, 11) is 1.86. The number of carbonyl (C=O) groups is 1. The molecular formula is C24H27ClFN5O. The van der Waals surface area contributed by atoms with E-state index in [2.05, 4.69) is 22.3 Å². The fourth-order valence-electron chi connectivity index (χ4n) is 4.36. The number of amides is 1. The molecule has 3 aromatic rings. The minimum atomic E-state index is -0.503. The number of pyridine rings is 1. The SMILES string of the molecule is Cc1ccc(-c2cnn(C)c2)c(C(=O)N2CCCC(C)[C@H]2CNc2ncc(Cl)cc2F)c1. The van der Waals surface area contributed by atoms with Crippen LogP contribution in [0, 0.1) is 18.7 Å². The molecule has 1 unspecified atom stereocenters. The topological polar surface area (TPSA) is 63.1 Å². The van der Waals surface area contributed by atoms with Crippen LogP contribution in [-0.2, 0) is 7.05 Å². The third-order valence-electron chi connectivity index (χ3n) is 6.08. The van der Waals surface area contributed by atoms with Gasteiger partial charge in [0.15, 0.2) is 11.6 Å². The van der Waals surface area contributed by atoms with E-state index in [0.29, 0.717) is 18.7 Å². The maximum atomic E-state index is 14.2. The highest BCUT2D eigenvalue weighted by Crippen LogP contribution is 2.30. The van der Waals surface area contributed by atoms with Crippen LogP contribution in [0.4, 0.5) is 10.2 Å². The van der Waals surface area contributed by atoms with E-state index in [0.717, 1.165) is 29.5 Å². The van der Waals surface area contributed by atoms with Gasteiger partial charge in [-0.2, -0.15) is 5.10 Å². The average Bonchev–Trinajstić information content (AvgIpc) is 3.19. The number of hydrogen-bond donors (Lipinski definition) is 1. The Morgan fingerprint density at radius 3 is 2.84 bits per heavy atom. The molecule has 1 aliphatic rings. The highest BCUT2D eigenvalue weighted by Gasteiger charge is 2.33. The molecule has 0 saturated carbocycles. The molecule has 4 rings (SSSR count). The molecule has 0 radical (unpaired) electrons. The van der Waals surface area contributed by atoms with Gasteiger partial charge in [-0.15, -0.1) is 0 Å². The van der Waals surface area contributed by atoms with Gasteiger partial charge in [-0.1, -0.05) is 36.2 Å². The first-order valence-electron chi connectivity index (χ1n) is 10.8. The van der Waals surface area contributed by atoms with Crippen molar-refractivity contribution < 1.29 is 9.18 Å². The van der Waals surface area contributed by atoms with Crippen molar-refractivity contribution in [2.24, 2.45) is 13.0 Å². The maximum Gasteiger partial charge on any atom is 0.254 e. The molecule has 1 aliphatic heterocycles. The lowest BCUT2D eigenvalue weighted by molar-refractivity contribution is 0.0540. The number of carbonyl (C=O) groups excluding carboxylic acids is 1. The number of nitrogens with one attached hydrogen (secondary N) is 1. The summed E-state index contributed by atoms with van der Waals surface area (Å²) in [6.07, 6.45) is 7.04. The van der Waals surface area contributed by atoms with Crippen molar-refractivity contribution in [2.45, 2.75) is 32.7 Å². The Morgan fingerprint density at radius 2 is 2.12 bits per heavy atom. The molecule has 0 bridgehead atoms. The van der Waals surface area contributed by atoms with Crippen LogP contribution in [0.25, 0.3) is 11.1 Å². The number of rotatable bonds is 5. The fraction of sp³-hybridized carbons (Fsp3) is 0.375. The first kappa shape index (κ1) is 22.3. The molecule has 2 atom stereocenters. The molecular weight excluding hydrogens is 429 g/mol. The summed E-state index contributed by atoms with van der Waals surface area (Å²) in [5.41, 5.74) is 3.45. The Bertz CT molecular complexity index is 1130. The molecule has 2 aromatic heterocycles. The lowest BCUT2D eigenvalue weighted by atomic mass is 9.89. The number of likely N-dealkylation sites (tertiary alicyclic amines) is 1. The standard InChI is InChI=1S/C24H27ClFN5O/c1-15-6-7-19(17-11-29-30(3)14-17)20(9-15)24(32)31-8-4-5-16(2)22(31)13-28-23-21(26)10-18(25)12-27-23/h6-7,9-12,14,16,22H,4-5,8,13H2,1-3H3,(H,27,28)/t16?,22-/m1/s1. The van der Waals surface area contributed by atoms with E-state index in [1.165, 1.54) is 12.3 Å². The summed E-state index contributed by atoms with van der Waals surface area (Å²) in [5, 5.41) is 7.60. The van der Waals surface area contributed by atoms with Crippen molar-refractivity contribution >= 4 is 23.3 Å². The van der Waals surface area contributed by atoms with Crippen LogP contribution in [0.15, 0.2) is 42.9 Å². The zero-order valence-corrected chi connectivity index (χ0v) is 19.2. The van der Waals surface area contributed by atoms with Gasteiger partial charge in [0.2, 0.25) is 0 Å². The molecule has 1 fully saturated rings. The van der Waals surface area contributed by atoms with E-state index < -0.39 is 5.82 Å². The summed E-state index contributed by atoms with van der Waals surface area (Å²) in [6, 6.07) is 7.07. The van der Waals surface area contributed by atoms with Crippen LogP contribution in [-0.4, -0.2) is 44.7 Å². The van der Waals surface area contributed by atoms with E-state index in [1.54, 1.807) is 10.9 Å². The first-order valence-corrected chi connectivity index (χ1v) is 11.2. The predicted octanol–water partition coefficient (Wildman–Crippen LogP) is 4.94. The van der Waals surface area contributed by atoms with E-state index >= 15 is 0 Å². The van der Waals surface area contributed by atoms with Crippen molar-refractivity contribution in [3.8, 4) is 11.1 Å². The molecule has 1 amide bonds. The van der Waals surface area contributed by atoms with Gasteiger partial charge in [0.1, 0.15) is 0 Å². The molecule has 1 saturated heterocycles. The smallest absolute Gasteiger partial charge is 0.254 e. The van der Waals surface area contributed by atoms with Gasteiger partial charge in [0.05, 0.1) is 17.3 Å². The molecule has 1 aromatic carbocycles. The lowest BCUT2D eigenvalue weighted by Crippen LogP contribution is -2.51. The Hall–Kier alpha value is -2.93. The van der Waals surface area contributed by atoms with E-state index in [-0.39, 0.29) is 28.7 Å². The fourth-order valence-corrected chi connectivity index (χ4v) is 4.50. The second kappa shape index (κ2) is 9.28. The number of anilines is 1. The van der Waals surface area contributed by atoms with Crippen LogP contribution in [0.5, 0.6) is 0 Å². The number of aromatic nitrogens is 3. The molecule has 8 heteroatoms. The second-order valence-electron chi connectivity index (χ2n) is 8.50. The number of piperidine rings is 1. The van der Waals surface area contributed by atoms with Crippen molar-refractivity contribution in [3.05, 3.63) is 64.8 Å². The minimum absolute atomic E-state index is 0.0181. The Labute approximate surface area is 192 Å². The number of halogens is 2. The largest absolute Gasteiger partial charge is 0.366 e. The van der Waals surface area contributed by atoms with Gasteiger partial charge in [0.25, 0.3) is 5.91 Å².